The summed E-state index contributed by atoms with van der Waals surface area (Å²) in [4.78, 5) is 0. The van der Waals surface area contributed by atoms with Crippen LogP contribution in [0.3, 0.4) is 0 Å². The number of nitriles is 1. The molecule has 56 valence electrons. The molecule has 0 bridgehead atoms. The molecule has 11 heavy (non-hydrogen) atoms. The highest BCUT2D eigenvalue weighted by atomic mass is 15.3. The lowest BCUT2D eigenvalue weighted by Gasteiger charge is -2.03. The van der Waals surface area contributed by atoms with E-state index in [4.69, 9.17) is 11.0 Å². The molecule has 0 amide bonds. The van der Waals surface area contributed by atoms with Gasteiger partial charge >= 0.3 is 0 Å². The van der Waals surface area contributed by atoms with Gasteiger partial charge in [0.2, 0.25) is 0 Å². The Morgan fingerprint density at radius 2 is 2.45 bits per heavy atom. The lowest BCUT2D eigenvalue weighted by Crippen LogP contribution is -2.14. The van der Waals surface area contributed by atoms with Gasteiger partial charge in [0.25, 0.3) is 0 Å². The number of nitrogen functional groups attached to an aromatic ring is 1. The van der Waals surface area contributed by atoms with Gasteiger partial charge in [0, 0.05) is 6.20 Å². The standard InChI is InChI=1S/C7H8N4/c8-5-7(2-3-7)11-4-1-6(9)10-11/h1,4H,2-3H2,(H2,9,10). The van der Waals surface area contributed by atoms with E-state index in [1.165, 1.54) is 0 Å². The van der Waals surface area contributed by atoms with Crippen LogP contribution in [0.1, 0.15) is 12.8 Å². The molecule has 0 spiro atoms. The first-order chi connectivity index (χ1) is 5.27. The summed E-state index contributed by atoms with van der Waals surface area (Å²) in [7, 11) is 0. The number of hydrogen-bond donors (Lipinski definition) is 1. The van der Waals surface area contributed by atoms with Gasteiger partial charge in [-0.15, -0.1) is 0 Å². The molecule has 0 unspecified atom stereocenters. The van der Waals surface area contributed by atoms with Gasteiger partial charge in [-0.3, -0.25) is 4.68 Å². The Labute approximate surface area is 64.2 Å². The highest BCUT2D eigenvalue weighted by Crippen LogP contribution is 2.42. The lowest BCUT2D eigenvalue weighted by atomic mass is 10.3. The largest absolute Gasteiger partial charge is 0.382 e. The van der Waals surface area contributed by atoms with Crippen molar-refractivity contribution in [1.29, 1.82) is 5.26 Å². The molecule has 1 aromatic rings. The first-order valence-electron chi connectivity index (χ1n) is 3.50. The molecule has 1 fully saturated rings. The van der Waals surface area contributed by atoms with Crippen molar-refractivity contribution in [3.05, 3.63) is 12.3 Å². The SMILES string of the molecule is N#CC1(n2ccc(N)n2)CC1. The van der Waals surface area contributed by atoms with E-state index in [-0.39, 0.29) is 5.54 Å². The second kappa shape index (κ2) is 1.76. The van der Waals surface area contributed by atoms with Crippen LogP contribution in [0.5, 0.6) is 0 Å². The average Bonchev–Trinajstić information content (AvgIpc) is 2.70. The second-order valence-corrected chi connectivity index (χ2v) is 2.83. The van der Waals surface area contributed by atoms with E-state index in [1.54, 1.807) is 16.9 Å². The van der Waals surface area contributed by atoms with E-state index in [1.807, 2.05) is 0 Å². The van der Waals surface area contributed by atoms with Crippen molar-refractivity contribution in [2.75, 3.05) is 5.73 Å². The third-order valence-electron chi connectivity index (χ3n) is 1.98. The highest BCUT2D eigenvalue weighted by Gasteiger charge is 2.46. The fourth-order valence-electron chi connectivity index (χ4n) is 1.09. The fraction of sp³-hybridized carbons (Fsp3) is 0.429. The van der Waals surface area contributed by atoms with Gasteiger partial charge in [-0.25, -0.2) is 0 Å². The van der Waals surface area contributed by atoms with Gasteiger partial charge in [-0.2, -0.15) is 10.4 Å². The summed E-state index contributed by atoms with van der Waals surface area (Å²) in [6.45, 7) is 0. The van der Waals surface area contributed by atoms with Crippen LogP contribution < -0.4 is 5.73 Å². The molecule has 0 aromatic carbocycles. The van der Waals surface area contributed by atoms with Crippen LogP contribution in [0.25, 0.3) is 0 Å². The van der Waals surface area contributed by atoms with Crippen molar-refractivity contribution in [2.24, 2.45) is 0 Å². The van der Waals surface area contributed by atoms with Gasteiger partial charge in [0.05, 0.1) is 6.07 Å². The summed E-state index contributed by atoms with van der Waals surface area (Å²) in [5.41, 5.74) is 5.05. The van der Waals surface area contributed by atoms with Crippen molar-refractivity contribution in [3.63, 3.8) is 0 Å². The summed E-state index contributed by atoms with van der Waals surface area (Å²) in [5.74, 6) is 0.478. The van der Waals surface area contributed by atoms with E-state index < -0.39 is 0 Å². The molecular formula is C7H8N4. The first-order valence-corrected chi connectivity index (χ1v) is 3.50. The molecule has 1 saturated carbocycles. The number of hydrogen-bond acceptors (Lipinski definition) is 3. The normalized spacial score (nSPS) is 19.2. The molecular weight excluding hydrogens is 140 g/mol. The van der Waals surface area contributed by atoms with Gasteiger partial charge < -0.3 is 5.73 Å². The van der Waals surface area contributed by atoms with Crippen LogP contribution in [0.4, 0.5) is 5.82 Å². The molecule has 1 aliphatic carbocycles. The Balaban J connectivity index is 2.38. The first kappa shape index (κ1) is 6.23. The molecule has 4 heteroatoms. The maximum atomic E-state index is 8.77. The van der Waals surface area contributed by atoms with Crippen LogP contribution >= 0.6 is 0 Å². The minimum atomic E-state index is -0.363. The summed E-state index contributed by atoms with van der Waals surface area (Å²) in [6, 6.07) is 3.93. The van der Waals surface area contributed by atoms with Crippen molar-refractivity contribution in [2.45, 2.75) is 18.4 Å². The Hall–Kier alpha value is -1.50. The molecule has 4 nitrogen and oxygen atoms in total. The van der Waals surface area contributed by atoms with Crippen LogP contribution in [-0.2, 0) is 5.54 Å². The van der Waals surface area contributed by atoms with E-state index >= 15 is 0 Å². The van der Waals surface area contributed by atoms with Gasteiger partial charge in [-0.1, -0.05) is 0 Å². The fourth-order valence-corrected chi connectivity index (χ4v) is 1.09. The number of rotatable bonds is 1. The molecule has 1 heterocycles. The smallest absolute Gasteiger partial charge is 0.149 e. The van der Waals surface area contributed by atoms with E-state index in [0.717, 1.165) is 12.8 Å². The third-order valence-corrected chi connectivity index (χ3v) is 1.98. The maximum absolute atomic E-state index is 8.77. The van der Waals surface area contributed by atoms with Crippen LogP contribution in [-0.4, -0.2) is 9.78 Å². The van der Waals surface area contributed by atoms with E-state index in [0.29, 0.717) is 5.82 Å². The molecule has 0 saturated heterocycles. The van der Waals surface area contributed by atoms with E-state index in [2.05, 4.69) is 11.2 Å². The predicted octanol–water partition coefficient (Wildman–Crippen LogP) is 0.478. The highest BCUT2D eigenvalue weighted by molar-refractivity contribution is 5.27. The quantitative estimate of drug-likeness (QED) is 0.629. The second-order valence-electron chi connectivity index (χ2n) is 2.83. The molecule has 0 radical (unpaired) electrons. The van der Waals surface area contributed by atoms with Crippen molar-refractivity contribution < 1.29 is 0 Å². The topological polar surface area (TPSA) is 67.6 Å². The maximum Gasteiger partial charge on any atom is 0.149 e. The van der Waals surface area contributed by atoms with Crippen LogP contribution in [0.2, 0.25) is 0 Å². The van der Waals surface area contributed by atoms with Gasteiger partial charge in [-0.05, 0) is 18.9 Å². The minimum Gasteiger partial charge on any atom is -0.382 e. The van der Waals surface area contributed by atoms with Gasteiger partial charge in [0.1, 0.15) is 11.4 Å². The molecule has 1 aliphatic rings. The predicted molar refractivity (Wildman–Crippen MR) is 39.5 cm³/mol. The molecule has 2 N–H and O–H groups in total. The third kappa shape index (κ3) is 0.777. The zero-order valence-corrected chi connectivity index (χ0v) is 5.99. The average molecular weight is 148 g/mol. The Kier molecular flexibility index (Phi) is 0.994. The van der Waals surface area contributed by atoms with Crippen molar-refractivity contribution in [1.82, 2.24) is 9.78 Å². The number of nitrogens with zero attached hydrogens (tertiary/aromatic N) is 3. The summed E-state index contributed by atoms with van der Waals surface area (Å²) >= 11 is 0. The van der Waals surface area contributed by atoms with Crippen LogP contribution in [0.15, 0.2) is 12.3 Å². The minimum absolute atomic E-state index is 0.363. The Morgan fingerprint density at radius 1 is 1.73 bits per heavy atom. The summed E-state index contributed by atoms with van der Waals surface area (Å²) in [6.07, 6.45) is 3.54. The van der Waals surface area contributed by atoms with Crippen molar-refractivity contribution in [3.8, 4) is 6.07 Å². The number of nitrogens with two attached hydrogens (primary N) is 1. The number of anilines is 1. The van der Waals surface area contributed by atoms with E-state index in [9.17, 15) is 0 Å². The summed E-state index contributed by atoms with van der Waals surface area (Å²) in [5, 5.41) is 12.8. The lowest BCUT2D eigenvalue weighted by molar-refractivity contribution is 0.538. The monoisotopic (exact) mass is 148 g/mol. The molecule has 2 rings (SSSR count). The molecule has 1 aromatic heterocycles. The zero-order chi connectivity index (χ0) is 7.90. The Morgan fingerprint density at radius 3 is 2.82 bits per heavy atom. The molecule has 0 atom stereocenters. The van der Waals surface area contributed by atoms with Gasteiger partial charge in [0.15, 0.2) is 0 Å². The number of aromatic nitrogens is 2. The van der Waals surface area contributed by atoms with Crippen molar-refractivity contribution >= 4 is 5.82 Å². The molecule has 0 aliphatic heterocycles. The van der Waals surface area contributed by atoms with Crippen LogP contribution in [0, 0.1) is 11.3 Å². The summed E-state index contributed by atoms with van der Waals surface area (Å²) < 4.78 is 1.66. The zero-order valence-electron chi connectivity index (χ0n) is 5.99. The Bertz CT molecular complexity index is 315.